The minimum atomic E-state index is -1.19. The normalized spacial score (nSPS) is 13.6. The second-order valence-corrected chi connectivity index (χ2v) is 9.16. The Morgan fingerprint density at radius 1 is 1.14 bits per heavy atom. The summed E-state index contributed by atoms with van der Waals surface area (Å²) in [6.07, 6.45) is -0.367. The van der Waals surface area contributed by atoms with Crippen molar-refractivity contribution in [1.82, 2.24) is 15.1 Å². The maximum absolute atomic E-state index is 14.6. The van der Waals surface area contributed by atoms with E-state index in [-0.39, 0.29) is 36.2 Å². The van der Waals surface area contributed by atoms with Gasteiger partial charge in [0.25, 0.3) is 5.91 Å². The van der Waals surface area contributed by atoms with Crippen molar-refractivity contribution in [3.63, 3.8) is 0 Å². The number of halogens is 1. The van der Waals surface area contributed by atoms with Crippen LogP contribution in [0.2, 0.25) is 0 Å². The molecule has 0 radical (unpaired) electrons. The van der Waals surface area contributed by atoms with Crippen LogP contribution < -0.4 is 14.8 Å². The minimum Gasteiger partial charge on any atom is -0.494 e. The molecule has 3 rings (SSSR count). The van der Waals surface area contributed by atoms with Gasteiger partial charge >= 0.3 is 5.97 Å². The van der Waals surface area contributed by atoms with Crippen LogP contribution in [-0.2, 0) is 4.79 Å². The fraction of sp³-hybridized carbons (Fsp3) is 0.370. The molecule has 0 aliphatic heterocycles. The number of nitrogens with one attached hydrogen (secondary N) is 1. The number of carbonyl (C=O) groups excluding carboxylic acids is 1. The third kappa shape index (κ3) is 7.07. The van der Waals surface area contributed by atoms with E-state index in [1.807, 2.05) is 20.8 Å². The average molecular weight is 514 g/mol. The highest BCUT2D eigenvalue weighted by Crippen LogP contribution is 2.26. The fourth-order valence-corrected chi connectivity index (χ4v) is 3.38. The summed E-state index contributed by atoms with van der Waals surface area (Å²) < 4.78 is 26.9. The molecule has 1 aromatic heterocycles. The first kappa shape index (κ1) is 27.7. The highest BCUT2D eigenvalue weighted by atomic mass is 19.1. The van der Waals surface area contributed by atoms with E-state index in [1.54, 1.807) is 37.3 Å². The molecule has 37 heavy (non-hydrogen) atoms. The highest BCUT2D eigenvalue weighted by Gasteiger charge is 2.28. The lowest BCUT2D eigenvalue weighted by molar-refractivity contribution is -0.137. The molecule has 198 valence electrons. The molecule has 9 nitrogen and oxygen atoms in total. The number of hydrogen-bond donors (Lipinski definition) is 3. The molecule has 0 saturated heterocycles. The molecule has 0 fully saturated rings. The molecular weight excluding hydrogens is 481 g/mol. The maximum atomic E-state index is 14.6. The number of nitrogens with zero attached hydrogens (tertiary/aromatic N) is 2. The molecule has 0 spiro atoms. The lowest BCUT2D eigenvalue weighted by Gasteiger charge is -2.27. The minimum absolute atomic E-state index is 0.0482. The number of ether oxygens (including phenoxy) is 2. The number of hydrogen-bond acceptors (Lipinski definition) is 6. The molecule has 0 saturated carbocycles. The van der Waals surface area contributed by atoms with Crippen molar-refractivity contribution in [2.75, 3.05) is 13.2 Å². The van der Waals surface area contributed by atoms with E-state index in [9.17, 15) is 24.2 Å². The van der Waals surface area contributed by atoms with Gasteiger partial charge in [0.05, 0.1) is 24.7 Å². The molecule has 0 aliphatic rings. The topological polar surface area (TPSA) is 123 Å². The van der Waals surface area contributed by atoms with Gasteiger partial charge in [-0.25, -0.2) is 4.39 Å². The number of carboxylic acid groups (broad SMARTS) is 1. The summed E-state index contributed by atoms with van der Waals surface area (Å²) in [5, 5.41) is 26.9. The van der Waals surface area contributed by atoms with Gasteiger partial charge in [-0.1, -0.05) is 38.1 Å². The summed E-state index contributed by atoms with van der Waals surface area (Å²) in [4.78, 5) is 24.7. The number of aliphatic hydroxyl groups is 1. The number of benzene rings is 2. The van der Waals surface area contributed by atoms with E-state index in [0.717, 1.165) is 4.68 Å². The van der Waals surface area contributed by atoms with Crippen LogP contribution >= 0.6 is 0 Å². The van der Waals surface area contributed by atoms with Gasteiger partial charge in [0.1, 0.15) is 23.9 Å². The molecule has 3 N–H and O–H groups in total. The molecule has 1 heterocycles. The van der Waals surface area contributed by atoms with Gasteiger partial charge < -0.3 is 25.0 Å². The molecule has 1 amide bonds. The fourth-order valence-electron chi connectivity index (χ4n) is 3.38. The SMILES string of the molecule is CCOc1ccc([C@H](CC(=O)O)NC(=O)c2cc(OC[C@](C)(O)C(C)C)n(-c3ccccc3F)n2)cc1. The molecule has 2 atom stereocenters. The lowest BCUT2D eigenvalue weighted by atomic mass is 9.94. The van der Waals surface area contributed by atoms with Crippen molar-refractivity contribution < 1.29 is 33.7 Å². The monoisotopic (exact) mass is 513 g/mol. The van der Waals surface area contributed by atoms with Crippen molar-refractivity contribution in [2.24, 2.45) is 5.92 Å². The zero-order valence-corrected chi connectivity index (χ0v) is 21.3. The Balaban J connectivity index is 1.92. The number of amides is 1. The molecular formula is C27H32FN3O6. The van der Waals surface area contributed by atoms with Crippen molar-refractivity contribution >= 4 is 11.9 Å². The predicted molar refractivity (Wildman–Crippen MR) is 135 cm³/mol. The van der Waals surface area contributed by atoms with Crippen molar-refractivity contribution in [3.05, 3.63) is 71.7 Å². The number of carboxylic acids is 1. The predicted octanol–water partition coefficient (Wildman–Crippen LogP) is 4.14. The Morgan fingerprint density at radius 3 is 2.41 bits per heavy atom. The average Bonchev–Trinajstić information content (AvgIpc) is 3.27. The zero-order valence-electron chi connectivity index (χ0n) is 21.3. The van der Waals surface area contributed by atoms with Gasteiger partial charge in [0.2, 0.25) is 5.88 Å². The van der Waals surface area contributed by atoms with Crippen LogP contribution in [0.1, 0.15) is 56.2 Å². The van der Waals surface area contributed by atoms with E-state index >= 15 is 0 Å². The van der Waals surface area contributed by atoms with Crippen LogP contribution in [0.4, 0.5) is 4.39 Å². The Hall–Kier alpha value is -3.92. The van der Waals surface area contributed by atoms with Gasteiger partial charge in [-0.2, -0.15) is 9.78 Å². The summed E-state index contributed by atoms with van der Waals surface area (Å²) in [6.45, 7) is 7.49. The molecule has 0 bridgehead atoms. The third-order valence-corrected chi connectivity index (χ3v) is 6.02. The second kappa shape index (κ2) is 11.9. The van der Waals surface area contributed by atoms with Crippen molar-refractivity contribution in [1.29, 1.82) is 0 Å². The Labute approximate surface area is 214 Å². The van der Waals surface area contributed by atoms with E-state index < -0.39 is 29.3 Å². The van der Waals surface area contributed by atoms with Gasteiger partial charge in [-0.05, 0) is 49.6 Å². The van der Waals surface area contributed by atoms with Gasteiger partial charge in [0, 0.05) is 6.07 Å². The molecule has 0 unspecified atom stereocenters. The van der Waals surface area contributed by atoms with Gasteiger partial charge in [-0.15, -0.1) is 0 Å². The van der Waals surface area contributed by atoms with Gasteiger partial charge in [-0.3, -0.25) is 9.59 Å². The number of aliphatic carboxylic acids is 1. The van der Waals surface area contributed by atoms with E-state index in [2.05, 4.69) is 10.4 Å². The van der Waals surface area contributed by atoms with Gasteiger partial charge in [0.15, 0.2) is 5.69 Å². The van der Waals surface area contributed by atoms with E-state index in [0.29, 0.717) is 17.9 Å². The highest BCUT2D eigenvalue weighted by molar-refractivity contribution is 5.93. The van der Waals surface area contributed by atoms with Crippen LogP contribution in [0.25, 0.3) is 5.69 Å². The number of aromatic nitrogens is 2. The maximum Gasteiger partial charge on any atom is 0.305 e. The first-order valence-electron chi connectivity index (χ1n) is 12.0. The van der Waals surface area contributed by atoms with Crippen LogP contribution in [0.5, 0.6) is 11.6 Å². The van der Waals surface area contributed by atoms with Crippen LogP contribution in [0.15, 0.2) is 54.6 Å². The number of para-hydroxylation sites is 1. The largest absolute Gasteiger partial charge is 0.494 e. The smallest absolute Gasteiger partial charge is 0.305 e. The number of carbonyl (C=O) groups is 2. The van der Waals surface area contributed by atoms with Crippen LogP contribution in [0, 0.1) is 11.7 Å². The number of rotatable bonds is 12. The van der Waals surface area contributed by atoms with Crippen molar-refractivity contribution in [2.45, 2.75) is 45.8 Å². The molecule has 0 aliphatic carbocycles. The second-order valence-electron chi connectivity index (χ2n) is 9.16. The summed E-state index contributed by atoms with van der Waals surface area (Å²) in [5.74, 6) is -1.82. The van der Waals surface area contributed by atoms with Crippen molar-refractivity contribution in [3.8, 4) is 17.3 Å². The first-order chi connectivity index (χ1) is 17.5. The molecule has 3 aromatic rings. The lowest BCUT2D eigenvalue weighted by Crippen LogP contribution is -2.38. The van der Waals surface area contributed by atoms with Crippen LogP contribution in [0.3, 0.4) is 0 Å². The summed E-state index contributed by atoms with van der Waals surface area (Å²) in [6, 6.07) is 13.1. The Kier molecular flexibility index (Phi) is 8.88. The van der Waals surface area contributed by atoms with Crippen LogP contribution in [-0.4, -0.2) is 50.7 Å². The summed E-state index contributed by atoms with van der Waals surface area (Å²) in [5.41, 5.74) is -0.678. The Morgan fingerprint density at radius 2 is 1.81 bits per heavy atom. The standard InChI is InChI=1S/C27H32FN3O6/c1-5-36-19-12-10-18(11-13-19)21(15-25(32)33)29-26(34)22-14-24(37-16-27(4,35)17(2)3)31(30-22)23-9-7-6-8-20(23)28/h6-14,17,21,35H,5,15-16H2,1-4H3,(H,29,34)(H,32,33)/t21-,27-/m0/s1. The molecule has 2 aromatic carbocycles. The van der Waals surface area contributed by atoms with E-state index in [4.69, 9.17) is 9.47 Å². The molecule has 10 heteroatoms. The van der Waals surface area contributed by atoms with E-state index in [1.165, 1.54) is 24.3 Å². The summed E-state index contributed by atoms with van der Waals surface area (Å²) >= 11 is 0. The third-order valence-electron chi connectivity index (χ3n) is 6.02. The quantitative estimate of drug-likeness (QED) is 0.333. The summed E-state index contributed by atoms with van der Waals surface area (Å²) in [7, 11) is 0. The Bertz CT molecular complexity index is 1220. The zero-order chi connectivity index (χ0) is 27.2. The first-order valence-corrected chi connectivity index (χ1v) is 12.0.